The minimum absolute atomic E-state index is 0.411. The lowest BCUT2D eigenvalue weighted by atomic mass is 9.86. The van der Waals surface area contributed by atoms with Crippen LogP contribution >= 0.6 is 0 Å². The summed E-state index contributed by atoms with van der Waals surface area (Å²) in [5.41, 5.74) is 2.91. The third kappa shape index (κ3) is 4.31. The van der Waals surface area contributed by atoms with Gasteiger partial charge in [0, 0.05) is 18.6 Å². The molecule has 1 fully saturated rings. The van der Waals surface area contributed by atoms with Crippen LogP contribution in [0, 0.1) is 5.92 Å². The molecule has 0 spiro atoms. The van der Waals surface area contributed by atoms with Gasteiger partial charge < -0.3 is 10.1 Å². The molecule has 0 bridgehead atoms. The fourth-order valence-corrected chi connectivity index (χ4v) is 3.51. The Bertz CT molecular complexity index is 418. The maximum atomic E-state index is 5.93. The molecule has 1 saturated heterocycles. The molecule has 1 heterocycles. The molecule has 2 heteroatoms. The number of aryl methyl sites for hydroxylation is 1. The van der Waals surface area contributed by atoms with Gasteiger partial charge in [-0.2, -0.15) is 0 Å². The average Bonchev–Trinajstić information content (AvgIpc) is 2.97. The molecule has 21 heavy (non-hydrogen) atoms. The summed E-state index contributed by atoms with van der Waals surface area (Å²) in [5, 5.41) is 3.78. The summed E-state index contributed by atoms with van der Waals surface area (Å²) in [6, 6.07) is 9.61. The van der Waals surface area contributed by atoms with Crippen LogP contribution in [0.3, 0.4) is 0 Å². The van der Waals surface area contributed by atoms with Crippen LogP contribution in [0.5, 0.6) is 0 Å². The molecule has 2 rings (SSSR count). The first-order valence-electron chi connectivity index (χ1n) is 8.73. The number of hydrogen-bond donors (Lipinski definition) is 1. The lowest BCUT2D eigenvalue weighted by molar-refractivity contribution is 0.0774. The van der Waals surface area contributed by atoms with Crippen LogP contribution in [-0.4, -0.2) is 19.3 Å². The summed E-state index contributed by atoms with van der Waals surface area (Å²) in [6.45, 7) is 8.72. The summed E-state index contributed by atoms with van der Waals surface area (Å²) in [6.07, 6.45) is 6.26. The smallest absolute Gasteiger partial charge is 0.0619 e. The van der Waals surface area contributed by atoms with E-state index < -0.39 is 0 Å². The second-order valence-corrected chi connectivity index (χ2v) is 6.20. The van der Waals surface area contributed by atoms with Crippen molar-refractivity contribution in [1.29, 1.82) is 0 Å². The summed E-state index contributed by atoms with van der Waals surface area (Å²) < 4.78 is 5.93. The van der Waals surface area contributed by atoms with Crippen molar-refractivity contribution in [3.63, 3.8) is 0 Å². The highest BCUT2D eigenvalue weighted by Gasteiger charge is 2.34. The molecule has 1 aromatic rings. The standard InChI is InChI=1S/C19H31NO/c1-4-8-15-9-7-10-16(14-15)19(20-12-5-2)17-11-13-21-18(17)6-3/h7,9-10,14,17-20H,4-6,8,11-13H2,1-3H3. The number of rotatable bonds is 8. The van der Waals surface area contributed by atoms with Gasteiger partial charge in [-0.1, -0.05) is 51.5 Å². The van der Waals surface area contributed by atoms with E-state index in [-0.39, 0.29) is 0 Å². The Morgan fingerprint density at radius 3 is 2.81 bits per heavy atom. The monoisotopic (exact) mass is 289 g/mol. The van der Waals surface area contributed by atoms with Crippen LogP contribution in [0.1, 0.15) is 63.6 Å². The third-order valence-electron chi connectivity index (χ3n) is 4.55. The van der Waals surface area contributed by atoms with Crippen molar-refractivity contribution in [3.05, 3.63) is 35.4 Å². The average molecular weight is 289 g/mol. The zero-order chi connectivity index (χ0) is 15.1. The highest BCUT2D eigenvalue weighted by molar-refractivity contribution is 5.27. The van der Waals surface area contributed by atoms with E-state index in [1.165, 1.54) is 36.8 Å². The number of benzene rings is 1. The van der Waals surface area contributed by atoms with E-state index in [1.807, 2.05) is 0 Å². The summed E-state index contributed by atoms with van der Waals surface area (Å²) >= 11 is 0. The molecule has 0 amide bonds. The second-order valence-electron chi connectivity index (χ2n) is 6.20. The van der Waals surface area contributed by atoms with Gasteiger partial charge in [0.2, 0.25) is 0 Å². The molecule has 118 valence electrons. The maximum Gasteiger partial charge on any atom is 0.0619 e. The van der Waals surface area contributed by atoms with Crippen LogP contribution in [-0.2, 0) is 11.2 Å². The molecule has 2 nitrogen and oxygen atoms in total. The van der Waals surface area contributed by atoms with Gasteiger partial charge in [0.25, 0.3) is 0 Å². The Kier molecular flexibility index (Phi) is 6.72. The molecule has 1 aliphatic rings. The first-order valence-corrected chi connectivity index (χ1v) is 8.73. The van der Waals surface area contributed by atoms with Gasteiger partial charge in [-0.15, -0.1) is 0 Å². The Hall–Kier alpha value is -0.860. The van der Waals surface area contributed by atoms with E-state index in [1.54, 1.807) is 0 Å². The van der Waals surface area contributed by atoms with E-state index in [0.29, 0.717) is 18.1 Å². The molecule has 1 aromatic carbocycles. The fraction of sp³-hybridized carbons (Fsp3) is 0.684. The number of hydrogen-bond acceptors (Lipinski definition) is 2. The molecule has 3 atom stereocenters. The van der Waals surface area contributed by atoms with Crippen molar-refractivity contribution in [3.8, 4) is 0 Å². The van der Waals surface area contributed by atoms with Crippen LogP contribution in [0.25, 0.3) is 0 Å². The van der Waals surface area contributed by atoms with Gasteiger partial charge in [-0.25, -0.2) is 0 Å². The lowest BCUT2D eigenvalue weighted by Gasteiger charge is -2.29. The summed E-state index contributed by atoms with van der Waals surface area (Å²) in [4.78, 5) is 0. The Labute approximate surface area is 130 Å². The molecule has 0 aliphatic carbocycles. The first-order chi connectivity index (χ1) is 10.3. The zero-order valence-corrected chi connectivity index (χ0v) is 13.9. The Morgan fingerprint density at radius 1 is 1.24 bits per heavy atom. The quantitative estimate of drug-likeness (QED) is 0.761. The number of ether oxygens (including phenoxy) is 1. The first kappa shape index (κ1) is 16.5. The molecule has 1 N–H and O–H groups in total. The largest absolute Gasteiger partial charge is 0.378 e. The summed E-state index contributed by atoms with van der Waals surface area (Å²) in [7, 11) is 0. The third-order valence-corrected chi connectivity index (χ3v) is 4.55. The predicted molar refractivity (Wildman–Crippen MR) is 89.6 cm³/mol. The number of nitrogens with one attached hydrogen (secondary N) is 1. The van der Waals surface area contributed by atoms with Gasteiger partial charge in [0.15, 0.2) is 0 Å². The lowest BCUT2D eigenvalue weighted by Crippen LogP contribution is -2.33. The van der Waals surface area contributed by atoms with Gasteiger partial charge in [0.05, 0.1) is 6.10 Å². The van der Waals surface area contributed by atoms with Crippen molar-refractivity contribution < 1.29 is 4.74 Å². The van der Waals surface area contributed by atoms with Crippen LogP contribution in [0.4, 0.5) is 0 Å². The molecular weight excluding hydrogens is 258 g/mol. The van der Waals surface area contributed by atoms with Crippen molar-refractivity contribution in [2.24, 2.45) is 5.92 Å². The highest BCUT2D eigenvalue weighted by atomic mass is 16.5. The van der Waals surface area contributed by atoms with E-state index >= 15 is 0 Å². The van der Waals surface area contributed by atoms with Crippen molar-refractivity contribution in [2.45, 2.75) is 65.0 Å². The summed E-state index contributed by atoms with van der Waals surface area (Å²) in [5.74, 6) is 0.610. The van der Waals surface area contributed by atoms with Crippen LogP contribution in [0.15, 0.2) is 24.3 Å². The molecule has 3 unspecified atom stereocenters. The minimum Gasteiger partial charge on any atom is -0.378 e. The Balaban J connectivity index is 2.20. The Morgan fingerprint density at radius 2 is 2.10 bits per heavy atom. The zero-order valence-electron chi connectivity index (χ0n) is 13.9. The van der Waals surface area contributed by atoms with E-state index in [9.17, 15) is 0 Å². The molecular formula is C19H31NO. The normalized spacial score (nSPS) is 23.4. The van der Waals surface area contributed by atoms with Gasteiger partial charge in [0.1, 0.15) is 0 Å². The maximum absolute atomic E-state index is 5.93. The fourth-order valence-electron chi connectivity index (χ4n) is 3.51. The second kappa shape index (κ2) is 8.55. The van der Waals surface area contributed by atoms with Gasteiger partial charge in [-0.3, -0.25) is 0 Å². The highest BCUT2D eigenvalue weighted by Crippen LogP contribution is 2.35. The molecule has 1 aliphatic heterocycles. The van der Waals surface area contributed by atoms with Crippen molar-refractivity contribution in [2.75, 3.05) is 13.2 Å². The van der Waals surface area contributed by atoms with Crippen molar-refractivity contribution >= 4 is 0 Å². The SMILES string of the molecule is CCCNC(c1cccc(CCC)c1)C1CCOC1CC. The van der Waals surface area contributed by atoms with E-state index in [4.69, 9.17) is 4.74 Å². The predicted octanol–water partition coefficient (Wildman–Crippen LogP) is 4.49. The van der Waals surface area contributed by atoms with Crippen LogP contribution in [0.2, 0.25) is 0 Å². The van der Waals surface area contributed by atoms with Gasteiger partial charge in [-0.05, 0) is 43.4 Å². The van der Waals surface area contributed by atoms with Gasteiger partial charge >= 0.3 is 0 Å². The molecule has 0 saturated carbocycles. The van der Waals surface area contributed by atoms with Crippen LogP contribution < -0.4 is 5.32 Å². The topological polar surface area (TPSA) is 21.3 Å². The molecule has 0 aromatic heterocycles. The minimum atomic E-state index is 0.411. The van der Waals surface area contributed by atoms with E-state index in [0.717, 1.165) is 19.6 Å². The van der Waals surface area contributed by atoms with E-state index in [2.05, 4.69) is 50.4 Å². The van der Waals surface area contributed by atoms with Crippen molar-refractivity contribution in [1.82, 2.24) is 5.32 Å². The molecule has 0 radical (unpaired) electrons.